The first-order valence-corrected chi connectivity index (χ1v) is 6.10. The number of nitrogens with zero attached hydrogens (tertiary/aromatic N) is 1. The topological polar surface area (TPSA) is 129 Å². The summed E-state index contributed by atoms with van der Waals surface area (Å²) >= 11 is 1.40. The Morgan fingerprint density at radius 3 is 2.58 bits per heavy atom. The summed E-state index contributed by atoms with van der Waals surface area (Å²) in [6.45, 7) is 2.03. The van der Waals surface area contributed by atoms with Gasteiger partial charge in [0.2, 0.25) is 0 Å². The molecule has 0 aliphatic carbocycles. The van der Waals surface area contributed by atoms with Gasteiger partial charge in [-0.1, -0.05) is 0 Å². The number of aryl methyl sites for hydroxylation is 1. The average molecular weight is 287 g/mol. The van der Waals surface area contributed by atoms with Crippen molar-refractivity contribution in [2.24, 2.45) is 0 Å². The maximum Gasteiger partial charge on any atom is 0.326 e. The molecule has 8 nitrogen and oxygen atoms in total. The molecule has 9 heteroatoms. The Labute approximate surface area is 112 Å². The van der Waals surface area contributed by atoms with Crippen molar-refractivity contribution in [3.8, 4) is 0 Å². The van der Waals surface area contributed by atoms with Crippen molar-refractivity contribution >= 4 is 29.3 Å². The summed E-state index contributed by atoms with van der Waals surface area (Å²) in [5.74, 6) is -2.70. The normalized spacial score (nSPS) is 11.6. The lowest BCUT2D eigenvalue weighted by Crippen LogP contribution is -2.46. The number of hydrogen-bond donors (Lipinski definition) is 4. The molecule has 1 rings (SSSR count). The second kappa shape index (κ2) is 6.69. The molecule has 0 aromatic carbocycles. The van der Waals surface area contributed by atoms with E-state index in [1.54, 1.807) is 6.20 Å². The predicted molar refractivity (Wildman–Crippen MR) is 65.9 cm³/mol. The van der Waals surface area contributed by atoms with Crippen LogP contribution in [0, 0.1) is 6.92 Å². The van der Waals surface area contributed by atoms with Crippen LogP contribution >= 0.6 is 11.3 Å². The molecule has 0 saturated heterocycles. The van der Waals surface area contributed by atoms with Crippen LogP contribution in [0.1, 0.15) is 16.3 Å². The number of carboxylic acids is 2. The number of aliphatic carboxylic acids is 2. The number of rotatable bonds is 6. The van der Waals surface area contributed by atoms with Gasteiger partial charge in [-0.2, -0.15) is 0 Å². The predicted octanol–water partition coefficient (Wildman–Crippen LogP) is 0.179. The summed E-state index contributed by atoms with van der Waals surface area (Å²) in [4.78, 5) is 37.6. The molecule has 104 valence electrons. The molecule has 0 fully saturated rings. The zero-order chi connectivity index (χ0) is 14.4. The second-order valence-corrected chi connectivity index (χ2v) is 5.00. The van der Waals surface area contributed by atoms with Crippen molar-refractivity contribution in [2.45, 2.75) is 25.9 Å². The minimum atomic E-state index is -1.46. The number of nitrogens with one attached hydrogen (secondary N) is 2. The van der Waals surface area contributed by atoms with Gasteiger partial charge >= 0.3 is 18.0 Å². The third-order valence-corrected chi connectivity index (χ3v) is 2.96. The molecular weight excluding hydrogens is 274 g/mol. The highest BCUT2D eigenvalue weighted by molar-refractivity contribution is 7.11. The van der Waals surface area contributed by atoms with E-state index in [1.165, 1.54) is 11.3 Å². The molecule has 0 spiro atoms. The van der Waals surface area contributed by atoms with Crippen molar-refractivity contribution in [3.63, 3.8) is 0 Å². The van der Waals surface area contributed by atoms with Crippen LogP contribution in [0.5, 0.6) is 0 Å². The molecule has 0 unspecified atom stereocenters. The average Bonchev–Trinajstić information content (AvgIpc) is 2.71. The summed E-state index contributed by atoms with van der Waals surface area (Å²) in [5.41, 5.74) is 0. The molecule has 19 heavy (non-hydrogen) atoms. The number of amides is 2. The number of urea groups is 1. The molecule has 1 aromatic heterocycles. The standard InChI is InChI=1S/C10H13N3O5S/c1-5-3-11-7(19-5)4-12-10(18)13-6(9(16)17)2-8(14)15/h3,6H,2,4H2,1H3,(H,14,15)(H,16,17)(H2,12,13,18)/t6-/m0/s1. The molecule has 0 radical (unpaired) electrons. The van der Waals surface area contributed by atoms with Gasteiger partial charge in [-0.25, -0.2) is 14.6 Å². The zero-order valence-electron chi connectivity index (χ0n) is 10.0. The number of aromatic nitrogens is 1. The zero-order valence-corrected chi connectivity index (χ0v) is 10.9. The molecule has 4 N–H and O–H groups in total. The Hall–Kier alpha value is -2.16. The Morgan fingerprint density at radius 1 is 1.42 bits per heavy atom. The largest absolute Gasteiger partial charge is 0.481 e. The van der Waals surface area contributed by atoms with Crippen molar-refractivity contribution in [2.75, 3.05) is 0 Å². The number of carboxylic acid groups (broad SMARTS) is 2. The van der Waals surface area contributed by atoms with E-state index >= 15 is 0 Å². The minimum Gasteiger partial charge on any atom is -0.481 e. The summed E-state index contributed by atoms with van der Waals surface area (Å²) in [7, 11) is 0. The Morgan fingerprint density at radius 2 is 2.11 bits per heavy atom. The van der Waals surface area contributed by atoms with Gasteiger partial charge in [0.05, 0.1) is 13.0 Å². The van der Waals surface area contributed by atoms with Crippen LogP contribution in [0.25, 0.3) is 0 Å². The van der Waals surface area contributed by atoms with Crippen molar-refractivity contribution in [1.82, 2.24) is 15.6 Å². The van der Waals surface area contributed by atoms with Gasteiger partial charge in [0, 0.05) is 11.1 Å². The highest BCUT2D eigenvalue weighted by Gasteiger charge is 2.22. The monoisotopic (exact) mass is 287 g/mol. The highest BCUT2D eigenvalue weighted by Crippen LogP contribution is 2.10. The number of thiazole rings is 1. The Kier molecular flexibility index (Phi) is 5.24. The number of carbonyl (C=O) groups excluding carboxylic acids is 1. The fourth-order valence-corrected chi connectivity index (χ4v) is 1.95. The molecule has 2 amide bonds. The molecular formula is C10H13N3O5S. The number of carbonyl (C=O) groups is 3. The third kappa shape index (κ3) is 5.34. The lowest BCUT2D eigenvalue weighted by molar-refractivity contribution is -0.145. The van der Waals surface area contributed by atoms with Crippen LogP contribution in [0.4, 0.5) is 4.79 Å². The first-order valence-electron chi connectivity index (χ1n) is 5.28. The molecule has 0 saturated carbocycles. The SMILES string of the molecule is Cc1cnc(CNC(=O)N[C@@H](CC(=O)O)C(=O)O)s1. The molecule has 0 bridgehead atoms. The molecule has 0 aliphatic heterocycles. The molecule has 1 heterocycles. The van der Waals surface area contributed by atoms with Gasteiger partial charge in [0.1, 0.15) is 11.0 Å². The van der Waals surface area contributed by atoms with Crippen LogP contribution in [0.3, 0.4) is 0 Å². The Balaban J connectivity index is 2.44. The van der Waals surface area contributed by atoms with Crippen LogP contribution < -0.4 is 10.6 Å². The molecule has 1 atom stereocenters. The van der Waals surface area contributed by atoms with Crippen LogP contribution in [0.2, 0.25) is 0 Å². The lowest BCUT2D eigenvalue weighted by Gasteiger charge is -2.12. The van der Waals surface area contributed by atoms with E-state index in [1.807, 2.05) is 6.92 Å². The van der Waals surface area contributed by atoms with Crippen LogP contribution in [-0.4, -0.2) is 39.2 Å². The van der Waals surface area contributed by atoms with E-state index in [4.69, 9.17) is 10.2 Å². The first kappa shape index (κ1) is 14.9. The van der Waals surface area contributed by atoms with Gasteiger partial charge in [0.25, 0.3) is 0 Å². The maximum absolute atomic E-state index is 11.4. The van der Waals surface area contributed by atoms with E-state index in [2.05, 4.69) is 15.6 Å². The van der Waals surface area contributed by atoms with Crippen LogP contribution in [0.15, 0.2) is 6.20 Å². The van der Waals surface area contributed by atoms with Gasteiger partial charge < -0.3 is 20.8 Å². The molecule has 1 aromatic rings. The van der Waals surface area contributed by atoms with Crippen molar-refractivity contribution < 1.29 is 24.6 Å². The highest BCUT2D eigenvalue weighted by atomic mass is 32.1. The van der Waals surface area contributed by atoms with E-state index in [-0.39, 0.29) is 6.54 Å². The third-order valence-electron chi connectivity index (χ3n) is 2.05. The van der Waals surface area contributed by atoms with Crippen molar-refractivity contribution in [3.05, 3.63) is 16.1 Å². The van der Waals surface area contributed by atoms with Crippen LogP contribution in [-0.2, 0) is 16.1 Å². The smallest absolute Gasteiger partial charge is 0.326 e. The van der Waals surface area contributed by atoms with Gasteiger partial charge in [-0.15, -0.1) is 11.3 Å². The van der Waals surface area contributed by atoms with E-state index in [9.17, 15) is 14.4 Å². The second-order valence-electron chi connectivity index (χ2n) is 3.68. The quantitative estimate of drug-likeness (QED) is 0.590. The van der Waals surface area contributed by atoms with E-state index in [0.29, 0.717) is 5.01 Å². The number of hydrogen-bond acceptors (Lipinski definition) is 5. The van der Waals surface area contributed by atoms with Gasteiger partial charge in [0.15, 0.2) is 0 Å². The summed E-state index contributed by atoms with van der Waals surface area (Å²) < 4.78 is 0. The van der Waals surface area contributed by atoms with E-state index in [0.717, 1.165) is 4.88 Å². The maximum atomic E-state index is 11.4. The Bertz CT molecular complexity index is 487. The summed E-state index contributed by atoms with van der Waals surface area (Å²) in [6.07, 6.45) is 0.975. The van der Waals surface area contributed by atoms with Crippen molar-refractivity contribution in [1.29, 1.82) is 0 Å². The lowest BCUT2D eigenvalue weighted by atomic mass is 10.2. The summed E-state index contributed by atoms with van der Waals surface area (Å²) in [5, 5.41) is 22.4. The van der Waals surface area contributed by atoms with Gasteiger partial charge in [-0.05, 0) is 6.92 Å². The van der Waals surface area contributed by atoms with Gasteiger partial charge in [-0.3, -0.25) is 4.79 Å². The molecule has 0 aliphatic rings. The fourth-order valence-electron chi connectivity index (χ4n) is 1.22. The van der Waals surface area contributed by atoms with E-state index < -0.39 is 30.4 Å². The summed E-state index contributed by atoms with van der Waals surface area (Å²) in [6, 6.07) is -2.21. The minimum absolute atomic E-state index is 0.156. The fraction of sp³-hybridized carbons (Fsp3) is 0.400. The first-order chi connectivity index (χ1) is 8.88.